The molecule has 1 aliphatic heterocycles. The van der Waals surface area contributed by atoms with Gasteiger partial charge in [-0.2, -0.15) is 0 Å². The maximum absolute atomic E-state index is 12.2. The van der Waals surface area contributed by atoms with Crippen LogP contribution in [0.4, 0.5) is 11.4 Å². The first-order valence-electron chi connectivity index (χ1n) is 7.02. The van der Waals surface area contributed by atoms with Crippen LogP contribution in [0.3, 0.4) is 0 Å². The zero-order chi connectivity index (χ0) is 15.7. The lowest BCUT2D eigenvalue weighted by atomic mass is 10.1. The fourth-order valence-corrected chi connectivity index (χ4v) is 2.83. The van der Waals surface area contributed by atoms with E-state index in [2.05, 4.69) is 5.32 Å². The van der Waals surface area contributed by atoms with Crippen molar-refractivity contribution in [1.82, 2.24) is 0 Å². The molecule has 2 aromatic rings. The van der Waals surface area contributed by atoms with Gasteiger partial charge in [0.1, 0.15) is 0 Å². The fraction of sp³-hybridized carbons (Fsp3) is 0.176. The van der Waals surface area contributed by atoms with Crippen LogP contribution in [0.25, 0.3) is 0 Å². The van der Waals surface area contributed by atoms with E-state index in [-0.39, 0.29) is 11.8 Å². The van der Waals surface area contributed by atoms with Crippen LogP contribution in [0, 0.1) is 0 Å². The Morgan fingerprint density at radius 1 is 1.18 bits per heavy atom. The fourth-order valence-electron chi connectivity index (χ4n) is 2.64. The number of nitrogens with zero attached hydrogens (tertiary/aromatic N) is 1. The molecule has 22 heavy (non-hydrogen) atoms. The lowest BCUT2D eigenvalue weighted by molar-refractivity contribution is -0.116. The molecule has 1 N–H and O–H groups in total. The predicted octanol–water partition coefficient (Wildman–Crippen LogP) is 3.50. The van der Waals surface area contributed by atoms with E-state index >= 15 is 0 Å². The van der Waals surface area contributed by atoms with Crippen molar-refractivity contribution in [1.29, 1.82) is 0 Å². The third kappa shape index (κ3) is 2.83. The van der Waals surface area contributed by atoms with Crippen LogP contribution in [0.1, 0.15) is 22.8 Å². The number of benzene rings is 2. The van der Waals surface area contributed by atoms with Crippen molar-refractivity contribution < 1.29 is 9.59 Å². The van der Waals surface area contributed by atoms with Gasteiger partial charge in [0.2, 0.25) is 5.91 Å². The van der Waals surface area contributed by atoms with E-state index in [4.69, 9.17) is 11.6 Å². The number of carbonyl (C=O) groups excluding carboxylic acids is 2. The first-order valence-corrected chi connectivity index (χ1v) is 7.40. The Balaban J connectivity index is 1.80. The molecule has 0 aliphatic carbocycles. The largest absolute Gasteiger partial charge is 0.322 e. The van der Waals surface area contributed by atoms with Gasteiger partial charge in [-0.05, 0) is 48.4 Å². The lowest BCUT2D eigenvalue weighted by Crippen LogP contribution is -2.25. The molecule has 112 valence electrons. The van der Waals surface area contributed by atoms with Crippen molar-refractivity contribution >= 4 is 34.8 Å². The summed E-state index contributed by atoms with van der Waals surface area (Å²) in [6.45, 7) is 2.25. The SMILES string of the molecule is CC(=O)N1CCc2cc(NC(=O)c3cccc(Cl)c3)ccc21. The molecule has 2 aromatic carbocycles. The monoisotopic (exact) mass is 314 g/mol. The molecule has 0 atom stereocenters. The molecule has 1 heterocycles. The first kappa shape index (κ1) is 14.6. The summed E-state index contributed by atoms with van der Waals surface area (Å²) in [5.74, 6) is -0.168. The summed E-state index contributed by atoms with van der Waals surface area (Å²) in [4.78, 5) is 25.5. The molecule has 0 aromatic heterocycles. The molecule has 1 aliphatic rings. The van der Waals surface area contributed by atoms with Crippen LogP contribution < -0.4 is 10.2 Å². The molecule has 4 nitrogen and oxygen atoms in total. The maximum Gasteiger partial charge on any atom is 0.255 e. The summed E-state index contributed by atoms with van der Waals surface area (Å²) < 4.78 is 0. The summed E-state index contributed by atoms with van der Waals surface area (Å²) >= 11 is 5.90. The van der Waals surface area contributed by atoms with Gasteiger partial charge in [0, 0.05) is 35.4 Å². The van der Waals surface area contributed by atoms with Gasteiger partial charge in [0.25, 0.3) is 5.91 Å². The van der Waals surface area contributed by atoms with Crippen LogP contribution in [0.2, 0.25) is 5.02 Å². The van der Waals surface area contributed by atoms with Crippen molar-refractivity contribution in [2.75, 3.05) is 16.8 Å². The number of amides is 2. The highest BCUT2D eigenvalue weighted by Gasteiger charge is 2.22. The maximum atomic E-state index is 12.2. The minimum Gasteiger partial charge on any atom is -0.322 e. The molecule has 0 fully saturated rings. The van der Waals surface area contributed by atoms with Gasteiger partial charge in [-0.1, -0.05) is 17.7 Å². The summed E-state index contributed by atoms with van der Waals surface area (Å²) in [5, 5.41) is 3.38. The number of hydrogen-bond acceptors (Lipinski definition) is 2. The van der Waals surface area contributed by atoms with Gasteiger partial charge in [0.15, 0.2) is 0 Å². The van der Waals surface area contributed by atoms with Crippen LogP contribution in [-0.2, 0) is 11.2 Å². The summed E-state index contributed by atoms with van der Waals surface area (Å²) in [7, 11) is 0. The van der Waals surface area contributed by atoms with Gasteiger partial charge in [0.05, 0.1) is 0 Å². The van der Waals surface area contributed by atoms with E-state index in [1.165, 1.54) is 0 Å². The highest BCUT2D eigenvalue weighted by molar-refractivity contribution is 6.31. The Kier molecular flexibility index (Phi) is 3.86. The van der Waals surface area contributed by atoms with E-state index in [1.807, 2.05) is 18.2 Å². The normalized spacial score (nSPS) is 12.9. The first-order chi connectivity index (χ1) is 10.5. The minimum atomic E-state index is -0.205. The quantitative estimate of drug-likeness (QED) is 0.922. The number of hydrogen-bond donors (Lipinski definition) is 1. The number of halogens is 1. The van der Waals surface area contributed by atoms with Gasteiger partial charge in [-0.25, -0.2) is 0 Å². The number of carbonyl (C=O) groups is 2. The van der Waals surface area contributed by atoms with Crippen molar-refractivity contribution in [3.05, 3.63) is 58.6 Å². The molecule has 0 spiro atoms. The van der Waals surface area contributed by atoms with Crippen LogP contribution in [-0.4, -0.2) is 18.4 Å². The second kappa shape index (κ2) is 5.81. The van der Waals surface area contributed by atoms with Gasteiger partial charge >= 0.3 is 0 Å². The molecule has 2 amide bonds. The molecule has 0 saturated carbocycles. The van der Waals surface area contributed by atoms with Crippen LogP contribution >= 0.6 is 11.6 Å². The van der Waals surface area contributed by atoms with E-state index in [0.717, 1.165) is 17.7 Å². The van der Waals surface area contributed by atoms with E-state index < -0.39 is 0 Å². The lowest BCUT2D eigenvalue weighted by Gasteiger charge is -2.15. The molecule has 3 rings (SSSR count). The average molecular weight is 315 g/mol. The summed E-state index contributed by atoms with van der Waals surface area (Å²) in [5.41, 5.74) is 3.22. The van der Waals surface area contributed by atoms with Crippen molar-refractivity contribution in [2.24, 2.45) is 0 Å². The summed E-state index contributed by atoms with van der Waals surface area (Å²) in [6, 6.07) is 12.4. The Bertz CT molecular complexity index is 758. The molecule has 0 unspecified atom stereocenters. The van der Waals surface area contributed by atoms with Gasteiger partial charge in [-0.15, -0.1) is 0 Å². The van der Waals surface area contributed by atoms with Crippen molar-refractivity contribution in [3.8, 4) is 0 Å². The van der Waals surface area contributed by atoms with Gasteiger partial charge in [-0.3, -0.25) is 9.59 Å². The third-order valence-electron chi connectivity index (χ3n) is 3.70. The average Bonchev–Trinajstić information content (AvgIpc) is 2.90. The second-order valence-corrected chi connectivity index (χ2v) is 5.67. The Hall–Kier alpha value is -2.33. The standard InChI is InChI=1S/C17H15ClN2O2/c1-11(21)20-8-7-12-10-15(5-6-16(12)20)19-17(22)13-3-2-4-14(18)9-13/h2-6,9-10H,7-8H2,1H3,(H,19,22). The molecule has 5 heteroatoms. The molecule has 0 bridgehead atoms. The topological polar surface area (TPSA) is 49.4 Å². The Morgan fingerprint density at radius 3 is 2.73 bits per heavy atom. The Labute approximate surface area is 133 Å². The molecular formula is C17H15ClN2O2. The molecule has 0 radical (unpaired) electrons. The van der Waals surface area contributed by atoms with Crippen molar-refractivity contribution in [2.45, 2.75) is 13.3 Å². The number of nitrogens with one attached hydrogen (secondary N) is 1. The highest BCUT2D eigenvalue weighted by Crippen LogP contribution is 2.30. The minimum absolute atomic E-state index is 0.0365. The number of fused-ring (bicyclic) bond motifs is 1. The predicted molar refractivity (Wildman–Crippen MR) is 87.6 cm³/mol. The number of rotatable bonds is 2. The van der Waals surface area contributed by atoms with E-state index in [1.54, 1.807) is 36.1 Å². The third-order valence-corrected chi connectivity index (χ3v) is 3.93. The molecular weight excluding hydrogens is 300 g/mol. The van der Waals surface area contributed by atoms with Crippen molar-refractivity contribution in [3.63, 3.8) is 0 Å². The second-order valence-electron chi connectivity index (χ2n) is 5.23. The molecule has 0 saturated heterocycles. The number of anilines is 2. The summed E-state index contributed by atoms with van der Waals surface area (Å²) in [6.07, 6.45) is 0.801. The van der Waals surface area contributed by atoms with Crippen LogP contribution in [0.5, 0.6) is 0 Å². The zero-order valence-corrected chi connectivity index (χ0v) is 12.9. The zero-order valence-electron chi connectivity index (χ0n) is 12.1. The van der Waals surface area contributed by atoms with E-state index in [9.17, 15) is 9.59 Å². The highest BCUT2D eigenvalue weighted by atomic mass is 35.5. The smallest absolute Gasteiger partial charge is 0.255 e. The van der Waals surface area contributed by atoms with Crippen LogP contribution in [0.15, 0.2) is 42.5 Å². The Morgan fingerprint density at radius 2 is 2.00 bits per heavy atom. The van der Waals surface area contributed by atoms with E-state index in [0.29, 0.717) is 22.8 Å². The van der Waals surface area contributed by atoms with Gasteiger partial charge < -0.3 is 10.2 Å².